The van der Waals surface area contributed by atoms with Crippen LogP contribution in [0.1, 0.15) is 31.4 Å². The normalized spacial score (nSPS) is 12.4. The van der Waals surface area contributed by atoms with E-state index in [1.165, 1.54) is 0 Å². The zero-order chi connectivity index (χ0) is 13.5. The highest BCUT2D eigenvalue weighted by Gasteiger charge is 2.24. The molecule has 0 fully saturated rings. The quantitative estimate of drug-likeness (QED) is 0.809. The molecule has 0 aliphatic carbocycles. The van der Waals surface area contributed by atoms with Gasteiger partial charge < -0.3 is 9.84 Å². The summed E-state index contributed by atoms with van der Waals surface area (Å²) in [6, 6.07) is 6.61. The number of hydrogen-bond donors (Lipinski definition) is 1. The molecule has 0 spiro atoms. The van der Waals surface area contributed by atoms with E-state index in [1.54, 1.807) is 13.2 Å². The summed E-state index contributed by atoms with van der Waals surface area (Å²) in [6.07, 6.45) is 2.04. The van der Waals surface area contributed by atoms with E-state index in [-0.39, 0.29) is 0 Å². The number of methoxy groups -OCH3 is 1. The summed E-state index contributed by atoms with van der Waals surface area (Å²) in [4.78, 5) is 13.3. The monoisotopic (exact) mass is 251 g/mol. The minimum atomic E-state index is -0.832. The molecule has 0 radical (unpaired) electrons. The van der Waals surface area contributed by atoms with Crippen molar-refractivity contribution in [2.45, 2.75) is 25.8 Å². The third kappa shape index (κ3) is 3.74. The molecule has 1 atom stereocenters. The second-order valence-electron chi connectivity index (χ2n) is 4.35. The highest BCUT2D eigenvalue weighted by atomic mass is 16.5. The molecule has 1 N–H and O–H groups in total. The standard InChI is InChI=1S/C14H21NO3/c1-4-5-9-15(2)13(14(16)17)11-7-6-8-12(10-11)18-3/h6-8,10,13H,4-5,9H2,1-3H3,(H,16,17). The lowest BCUT2D eigenvalue weighted by Crippen LogP contribution is -2.31. The Balaban J connectivity index is 2.92. The van der Waals surface area contributed by atoms with Crippen LogP contribution in [0.3, 0.4) is 0 Å². The number of carboxylic acid groups (broad SMARTS) is 1. The molecular weight excluding hydrogens is 230 g/mol. The van der Waals surface area contributed by atoms with E-state index in [0.717, 1.165) is 24.9 Å². The minimum Gasteiger partial charge on any atom is -0.497 e. The van der Waals surface area contributed by atoms with Gasteiger partial charge in [-0.15, -0.1) is 0 Å². The van der Waals surface area contributed by atoms with Gasteiger partial charge in [0, 0.05) is 0 Å². The molecule has 1 unspecified atom stereocenters. The maximum Gasteiger partial charge on any atom is 0.325 e. The lowest BCUT2D eigenvalue weighted by Gasteiger charge is -2.25. The molecule has 0 aromatic heterocycles. The summed E-state index contributed by atoms with van der Waals surface area (Å²) >= 11 is 0. The molecule has 0 aliphatic heterocycles. The number of nitrogens with zero attached hydrogens (tertiary/aromatic N) is 1. The topological polar surface area (TPSA) is 49.8 Å². The number of unbranched alkanes of at least 4 members (excludes halogenated alkanes) is 1. The second-order valence-corrected chi connectivity index (χ2v) is 4.35. The minimum absolute atomic E-state index is 0.619. The van der Waals surface area contributed by atoms with Gasteiger partial charge in [0.05, 0.1) is 7.11 Å². The first kappa shape index (κ1) is 14.5. The summed E-state index contributed by atoms with van der Waals surface area (Å²) < 4.78 is 5.13. The van der Waals surface area contributed by atoms with E-state index in [4.69, 9.17) is 4.74 Å². The zero-order valence-electron chi connectivity index (χ0n) is 11.2. The third-order valence-electron chi connectivity index (χ3n) is 2.95. The van der Waals surface area contributed by atoms with Crippen LogP contribution in [0.15, 0.2) is 24.3 Å². The molecule has 100 valence electrons. The fraction of sp³-hybridized carbons (Fsp3) is 0.500. The Labute approximate surface area is 108 Å². The van der Waals surface area contributed by atoms with Gasteiger partial charge in [-0.3, -0.25) is 9.69 Å². The predicted octanol–water partition coefficient (Wildman–Crippen LogP) is 2.55. The van der Waals surface area contributed by atoms with Crippen molar-refractivity contribution in [3.05, 3.63) is 29.8 Å². The third-order valence-corrected chi connectivity index (χ3v) is 2.95. The van der Waals surface area contributed by atoms with Gasteiger partial charge in [-0.05, 0) is 37.7 Å². The van der Waals surface area contributed by atoms with Gasteiger partial charge in [0.15, 0.2) is 0 Å². The lowest BCUT2D eigenvalue weighted by molar-refractivity contribution is -0.143. The summed E-state index contributed by atoms with van der Waals surface area (Å²) in [7, 11) is 3.42. The number of carbonyl (C=O) groups is 1. The SMILES string of the molecule is CCCCN(C)C(C(=O)O)c1cccc(OC)c1. The summed E-state index contributed by atoms with van der Waals surface area (Å²) in [5.41, 5.74) is 0.750. The average molecular weight is 251 g/mol. The van der Waals surface area contributed by atoms with Crippen molar-refractivity contribution in [2.75, 3.05) is 20.7 Å². The molecule has 4 heteroatoms. The maximum atomic E-state index is 11.4. The number of likely N-dealkylation sites (N-methyl/N-ethyl adjacent to an activating group) is 1. The van der Waals surface area contributed by atoms with E-state index in [0.29, 0.717) is 5.75 Å². The van der Waals surface area contributed by atoms with Crippen LogP contribution in [0, 0.1) is 0 Å². The van der Waals surface area contributed by atoms with Crippen molar-refractivity contribution in [3.63, 3.8) is 0 Å². The van der Waals surface area contributed by atoms with E-state index in [2.05, 4.69) is 6.92 Å². The van der Waals surface area contributed by atoms with Crippen LogP contribution in [0.4, 0.5) is 0 Å². The zero-order valence-corrected chi connectivity index (χ0v) is 11.2. The summed E-state index contributed by atoms with van der Waals surface area (Å²) in [5, 5.41) is 9.38. The fourth-order valence-electron chi connectivity index (χ4n) is 1.93. The van der Waals surface area contributed by atoms with E-state index in [1.807, 2.05) is 30.1 Å². The van der Waals surface area contributed by atoms with E-state index in [9.17, 15) is 9.90 Å². The molecular formula is C14H21NO3. The number of ether oxygens (including phenoxy) is 1. The molecule has 0 aliphatic rings. The highest BCUT2D eigenvalue weighted by Crippen LogP contribution is 2.24. The van der Waals surface area contributed by atoms with E-state index < -0.39 is 12.0 Å². The molecule has 0 saturated carbocycles. The van der Waals surface area contributed by atoms with Crippen LogP contribution >= 0.6 is 0 Å². The van der Waals surface area contributed by atoms with Crippen LogP contribution in [-0.2, 0) is 4.79 Å². The molecule has 0 amide bonds. The van der Waals surface area contributed by atoms with E-state index >= 15 is 0 Å². The highest BCUT2D eigenvalue weighted by molar-refractivity contribution is 5.75. The molecule has 18 heavy (non-hydrogen) atoms. The van der Waals surface area contributed by atoms with Gasteiger partial charge in [0.25, 0.3) is 0 Å². The first-order valence-electron chi connectivity index (χ1n) is 6.17. The van der Waals surface area contributed by atoms with Crippen LogP contribution in [0.25, 0.3) is 0 Å². The van der Waals surface area contributed by atoms with Crippen LogP contribution < -0.4 is 4.74 Å². The Morgan fingerprint density at radius 1 is 1.50 bits per heavy atom. The van der Waals surface area contributed by atoms with Crippen molar-refractivity contribution >= 4 is 5.97 Å². The number of benzene rings is 1. The largest absolute Gasteiger partial charge is 0.497 e. The van der Waals surface area contributed by atoms with Crippen molar-refractivity contribution in [1.82, 2.24) is 4.90 Å². The first-order valence-corrected chi connectivity index (χ1v) is 6.17. The number of carboxylic acids is 1. The molecule has 0 heterocycles. The number of aliphatic carboxylic acids is 1. The Hall–Kier alpha value is -1.55. The van der Waals surface area contributed by atoms with Crippen molar-refractivity contribution in [1.29, 1.82) is 0 Å². The first-order chi connectivity index (χ1) is 8.60. The molecule has 1 aromatic carbocycles. The lowest BCUT2D eigenvalue weighted by atomic mass is 10.1. The summed E-state index contributed by atoms with van der Waals surface area (Å²) in [6.45, 7) is 2.86. The summed E-state index contributed by atoms with van der Waals surface area (Å²) in [5.74, 6) is -0.149. The smallest absolute Gasteiger partial charge is 0.325 e. The Kier molecular flexibility index (Phi) is 5.65. The average Bonchev–Trinajstić information content (AvgIpc) is 2.36. The molecule has 0 bridgehead atoms. The van der Waals surface area contributed by atoms with Gasteiger partial charge >= 0.3 is 5.97 Å². The van der Waals surface area contributed by atoms with Crippen molar-refractivity contribution < 1.29 is 14.6 Å². The predicted molar refractivity (Wildman–Crippen MR) is 70.9 cm³/mol. The van der Waals surface area contributed by atoms with Crippen molar-refractivity contribution in [2.24, 2.45) is 0 Å². The molecule has 0 saturated heterocycles. The van der Waals surface area contributed by atoms with Gasteiger partial charge in [-0.2, -0.15) is 0 Å². The van der Waals surface area contributed by atoms with Crippen LogP contribution in [-0.4, -0.2) is 36.7 Å². The van der Waals surface area contributed by atoms with Crippen molar-refractivity contribution in [3.8, 4) is 5.75 Å². The molecule has 1 aromatic rings. The van der Waals surface area contributed by atoms with Crippen LogP contribution in [0.5, 0.6) is 5.75 Å². The fourth-order valence-corrected chi connectivity index (χ4v) is 1.93. The Morgan fingerprint density at radius 3 is 2.78 bits per heavy atom. The van der Waals surface area contributed by atoms with Gasteiger partial charge in [0.1, 0.15) is 11.8 Å². The number of rotatable bonds is 7. The number of hydrogen-bond acceptors (Lipinski definition) is 3. The molecule has 1 rings (SSSR count). The van der Waals surface area contributed by atoms with Gasteiger partial charge in [-0.25, -0.2) is 0 Å². The van der Waals surface area contributed by atoms with Gasteiger partial charge in [-0.1, -0.05) is 25.5 Å². The van der Waals surface area contributed by atoms with Gasteiger partial charge in [0.2, 0.25) is 0 Å². The Morgan fingerprint density at radius 2 is 2.22 bits per heavy atom. The maximum absolute atomic E-state index is 11.4. The van der Waals surface area contributed by atoms with Crippen LogP contribution in [0.2, 0.25) is 0 Å². The Bertz CT molecular complexity index is 392. The second kappa shape index (κ2) is 7.01. The molecule has 4 nitrogen and oxygen atoms in total.